The summed E-state index contributed by atoms with van der Waals surface area (Å²) < 4.78 is 2.46. The second kappa shape index (κ2) is 3.64. The van der Waals surface area contributed by atoms with Crippen molar-refractivity contribution >= 4 is 50.0 Å². The first-order valence-corrected chi connectivity index (χ1v) is 6.38. The highest BCUT2D eigenvalue weighted by Gasteiger charge is 2.07. The van der Waals surface area contributed by atoms with Crippen LogP contribution in [0.25, 0.3) is 10.1 Å². The SMILES string of the molecule is Cc1ccc2c(CBr)c(S)sc2c1. The Kier molecular flexibility index (Phi) is 2.67. The molecule has 0 aliphatic carbocycles. The molecular formula is C10H9BrS2. The van der Waals surface area contributed by atoms with Crippen LogP contribution < -0.4 is 0 Å². The van der Waals surface area contributed by atoms with Crippen LogP contribution >= 0.6 is 39.9 Å². The van der Waals surface area contributed by atoms with Gasteiger partial charge in [0.1, 0.15) is 0 Å². The molecule has 0 amide bonds. The number of hydrogen-bond acceptors (Lipinski definition) is 2. The summed E-state index contributed by atoms with van der Waals surface area (Å²) in [7, 11) is 0. The topological polar surface area (TPSA) is 0 Å². The molecule has 0 saturated heterocycles. The molecule has 1 aromatic carbocycles. The Morgan fingerprint density at radius 1 is 1.46 bits per heavy atom. The second-order valence-electron chi connectivity index (χ2n) is 3.02. The maximum atomic E-state index is 4.46. The fourth-order valence-corrected chi connectivity index (χ4v) is 3.91. The van der Waals surface area contributed by atoms with Crippen LogP contribution in [0.5, 0.6) is 0 Å². The van der Waals surface area contributed by atoms with Crippen LogP contribution in [0.3, 0.4) is 0 Å². The van der Waals surface area contributed by atoms with E-state index in [1.807, 2.05) is 0 Å². The van der Waals surface area contributed by atoms with Gasteiger partial charge in [-0.15, -0.1) is 24.0 Å². The number of hydrogen-bond donors (Lipinski definition) is 1. The molecule has 0 saturated carbocycles. The number of thiol groups is 1. The van der Waals surface area contributed by atoms with Crippen molar-refractivity contribution in [2.75, 3.05) is 0 Å². The Bertz CT molecular complexity index is 445. The van der Waals surface area contributed by atoms with Crippen molar-refractivity contribution in [1.82, 2.24) is 0 Å². The van der Waals surface area contributed by atoms with Crippen LogP contribution in [0.2, 0.25) is 0 Å². The van der Waals surface area contributed by atoms with Gasteiger partial charge in [-0.3, -0.25) is 0 Å². The van der Waals surface area contributed by atoms with E-state index in [1.165, 1.54) is 21.2 Å². The maximum absolute atomic E-state index is 4.46. The number of alkyl halides is 1. The van der Waals surface area contributed by atoms with Crippen LogP contribution in [0.4, 0.5) is 0 Å². The average Bonchev–Trinajstić information content (AvgIpc) is 2.39. The lowest BCUT2D eigenvalue weighted by Gasteiger charge is -1.95. The van der Waals surface area contributed by atoms with E-state index >= 15 is 0 Å². The largest absolute Gasteiger partial charge is 0.132 e. The first-order valence-electron chi connectivity index (χ1n) is 3.99. The predicted molar refractivity (Wildman–Crippen MR) is 66.4 cm³/mol. The zero-order chi connectivity index (χ0) is 9.42. The van der Waals surface area contributed by atoms with Gasteiger partial charge in [-0.05, 0) is 29.5 Å². The van der Waals surface area contributed by atoms with Crippen molar-refractivity contribution in [3.8, 4) is 0 Å². The third-order valence-corrected chi connectivity index (χ3v) is 4.16. The van der Waals surface area contributed by atoms with Gasteiger partial charge in [0.2, 0.25) is 0 Å². The Labute approximate surface area is 95.5 Å². The summed E-state index contributed by atoms with van der Waals surface area (Å²) in [5, 5.41) is 2.21. The van der Waals surface area contributed by atoms with Crippen molar-refractivity contribution < 1.29 is 0 Å². The van der Waals surface area contributed by atoms with Crippen LogP contribution in [0.15, 0.2) is 22.4 Å². The van der Waals surface area contributed by atoms with Crippen LogP contribution in [-0.2, 0) is 5.33 Å². The van der Waals surface area contributed by atoms with Gasteiger partial charge in [-0.25, -0.2) is 0 Å². The van der Waals surface area contributed by atoms with Crippen LogP contribution in [-0.4, -0.2) is 0 Å². The average molecular weight is 273 g/mol. The second-order valence-corrected chi connectivity index (χ2v) is 5.38. The Morgan fingerprint density at radius 2 is 2.23 bits per heavy atom. The third-order valence-electron chi connectivity index (χ3n) is 2.06. The maximum Gasteiger partial charge on any atom is 0.0621 e. The van der Waals surface area contributed by atoms with E-state index in [-0.39, 0.29) is 0 Å². The number of thiophene rings is 1. The lowest BCUT2D eigenvalue weighted by molar-refractivity contribution is 1.43. The lowest BCUT2D eigenvalue weighted by Crippen LogP contribution is -1.75. The minimum absolute atomic E-state index is 0.884. The van der Waals surface area contributed by atoms with E-state index in [9.17, 15) is 0 Å². The quantitative estimate of drug-likeness (QED) is 0.578. The molecule has 0 unspecified atom stereocenters. The highest BCUT2D eigenvalue weighted by Crippen LogP contribution is 2.35. The number of rotatable bonds is 1. The highest BCUT2D eigenvalue weighted by atomic mass is 79.9. The summed E-state index contributed by atoms with van der Waals surface area (Å²) in [6.45, 7) is 2.12. The standard InChI is InChI=1S/C10H9BrS2/c1-6-2-3-7-8(5-11)10(12)13-9(7)4-6/h2-4,12H,5H2,1H3. The van der Waals surface area contributed by atoms with E-state index in [1.54, 1.807) is 11.3 Å². The van der Waals surface area contributed by atoms with Crippen molar-refractivity contribution in [1.29, 1.82) is 0 Å². The molecule has 0 spiro atoms. The zero-order valence-corrected chi connectivity index (χ0v) is 10.5. The Balaban J connectivity index is 2.79. The lowest BCUT2D eigenvalue weighted by atomic mass is 10.1. The number of halogens is 1. The smallest absolute Gasteiger partial charge is 0.0621 e. The summed E-state index contributed by atoms with van der Waals surface area (Å²) in [4.78, 5) is 0. The molecule has 3 heteroatoms. The van der Waals surface area contributed by atoms with Gasteiger partial charge in [0.05, 0.1) is 4.21 Å². The molecule has 0 N–H and O–H groups in total. The fraction of sp³-hybridized carbons (Fsp3) is 0.200. The van der Waals surface area contributed by atoms with E-state index in [4.69, 9.17) is 0 Å². The Morgan fingerprint density at radius 3 is 2.92 bits per heavy atom. The predicted octanol–water partition coefficient (Wildman–Crippen LogP) is 4.39. The summed E-state index contributed by atoms with van der Waals surface area (Å²) in [5.74, 6) is 0. The summed E-state index contributed by atoms with van der Waals surface area (Å²) in [6, 6.07) is 6.54. The van der Waals surface area contributed by atoms with Gasteiger partial charge in [0, 0.05) is 10.0 Å². The summed E-state index contributed by atoms with van der Waals surface area (Å²) in [6.07, 6.45) is 0. The summed E-state index contributed by atoms with van der Waals surface area (Å²) >= 11 is 9.70. The van der Waals surface area contributed by atoms with Gasteiger partial charge in [0.25, 0.3) is 0 Å². The highest BCUT2D eigenvalue weighted by molar-refractivity contribution is 9.08. The third kappa shape index (κ3) is 1.65. The number of aryl methyl sites for hydroxylation is 1. The van der Waals surface area contributed by atoms with Gasteiger partial charge in [-0.1, -0.05) is 28.1 Å². The van der Waals surface area contributed by atoms with E-state index in [0.29, 0.717) is 0 Å². The molecule has 1 heterocycles. The van der Waals surface area contributed by atoms with Crippen molar-refractivity contribution in [3.63, 3.8) is 0 Å². The zero-order valence-electron chi connectivity index (χ0n) is 7.17. The molecule has 0 bridgehead atoms. The van der Waals surface area contributed by atoms with Crippen LogP contribution in [0, 0.1) is 6.92 Å². The fourth-order valence-electron chi connectivity index (χ4n) is 1.37. The minimum Gasteiger partial charge on any atom is -0.132 e. The first-order chi connectivity index (χ1) is 6.22. The molecule has 1 aromatic heterocycles. The molecule has 13 heavy (non-hydrogen) atoms. The van der Waals surface area contributed by atoms with Gasteiger partial charge >= 0.3 is 0 Å². The molecule has 0 atom stereocenters. The Hall–Kier alpha value is 0.01000. The van der Waals surface area contributed by atoms with E-state index in [2.05, 4.69) is 53.7 Å². The molecule has 2 rings (SSSR count). The van der Waals surface area contributed by atoms with Gasteiger partial charge < -0.3 is 0 Å². The molecule has 2 aromatic rings. The molecule has 0 aliphatic heterocycles. The van der Waals surface area contributed by atoms with Gasteiger partial charge in [-0.2, -0.15) is 0 Å². The van der Waals surface area contributed by atoms with Crippen molar-refractivity contribution in [3.05, 3.63) is 29.3 Å². The van der Waals surface area contributed by atoms with E-state index in [0.717, 1.165) is 9.54 Å². The minimum atomic E-state index is 0.884. The molecule has 0 fully saturated rings. The normalized spacial score (nSPS) is 11.0. The van der Waals surface area contributed by atoms with Crippen molar-refractivity contribution in [2.45, 2.75) is 16.5 Å². The first kappa shape index (κ1) is 9.56. The molecule has 0 nitrogen and oxygen atoms in total. The monoisotopic (exact) mass is 272 g/mol. The van der Waals surface area contributed by atoms with E-state index < -0.39 is 0 Å². The van der Waals surface area contributed by atoms with Crippen molar-refractivity contribution in [2.24, 2.45) is 0 Å². The van der Waals surface area contributed by atoms with Gasteiger partial charge in [0.15, 0.2) is 0 Å². The number of fused-ring (bicyclic) bond motifs is 1. The molecular weight excluding hydrogens is 264 g/mol. The van der Waals surface area contributed by atoms with Crippen LogP contribution in [0.1, 0.15) is 11.1 Å². The molecule has 0 aliphatic rings. The molecule has 68 valence electrons. The number of benzene rings is 1. The summed E-state index contributed by atoms with van der Waals surface area (Å²) in [5.41, 5.74) is 2.62. The molecule has 0 radical (unpaired) electrons.